The second kappa shape index (κ2) is 6.92. The molecule has 1 aromatic rings. The number of rotatable bonds is 3. The fourth-order valence-corrected chi connectivity index (χ4v) is 3.22. The largest absolute Gasteiger partial charge is 0.378 e. The fourth-order valence-electron chi connectivity index (χ4n) is 3.22. The number of hydrogen-bond acceptors (Lipinski definition) is 3. The molecule has 2 fully saturated rings. The van der Waals surface area contributed by atoms with Crippen LogP contribution in [0.1, 0.15) is 37.3 Å². The van der Waals surface area contributed by atoms with Crippen molar-refractivity contribution in [3.8, 4) is 0 Å². The second-order valence-electron chi connectivity index (χ2n) is 5.91. The summed E-state index contributed by atoms with van der Waals surface area (Å²) in [5.74, 6) is 0.0820. The van der Waals surface area contributed by atoms with E-state index in [2.05, 4.69) is 5.32 Å². The van der Waals surface area contributed by atoms with Gasteiger partial charge < -0.3 is 15.0 Å². The first-order valence-electron chi connectivity index (χ1n) is 7.97. The molecule has 0 unspecified atom stereocenters. The molecule has 0 bridgehead atoms. The topological polar surface area (TPSA) is 58.6 Å². The summed E-state index contributed by atoms with van der Waals surface area (Å²) in [6.45, 7) is 1.82. The van der Waals surface area contributed by atoms with Crippen LogP contribution in [0.5, 0.6) is 0 Å². The van der Waals surface area contributed by atoms with Crippen molar-refractivity contribution in [2.75, 3.05) is 19.7 Å². The highest BCUT2D eigenvalue weighted by Gasteiger charge is 2.31. The first-order chi connectivity index (χ1) is 10.7. The molecule has 0 aromatic heterocycles. The predicted octanol–water partition coefficient (Wildman–Crippen LogP) is 1.65. The Balaban J connectivity index is 1.78. The van der Waals surface area contributed by atoms with Gasteiger partial charge in [0.2, 0.25) is 11.8 Å². The van der Waals surface area contributed by atoms with Gasteiger partial charge in [-0.15, -0.1) is 0 Å². The van der Waals surface area contributed by atoms with Crippen molar-refractivity contribution in [1.82, 2.24) is 10.2 Å². The van der Waals surface area contributed by atoms with Crippen LogP contribution < -0.4 is 5.32 Å². The van der Waals surface area contributed by atoms with Gasteiger partial charge in [0.1, 0.15) is 0 Å². The second-order valence-corrected chi connectivity index (χ2v) is 5.91. The molecule has 3 rings (SSSR count). The molecular weight excluding hydrogens is 280 g/mol. The third-order valence-electron chi connectivity index (χ3n) is 4.36. The van der Waals surface area contributed by atoms with Crippen LogP contribution in [0, 0.1) is 0 Å². The van der Waals surface area contributed by atoms with Crippen LogP contribution in [-0.2, 0) is 14.3 Å². The molecule has 0 radical (unpaired) electrons. The van der Waals surface area contributed by atoms with Crippen LogP contribution >= 0.6 is 0 Å². The van der Waals surface area contributed by atoms with Crippen molar-refractivity contribution in [1.29, 1.82) is 0 Å². The Morgan fingerprint density at radius 3 is 2.86 bits per heavy atom. The molecule has 118 valence electrons. The van der Waals surface area contributed by atoms with Gasteiger partial charge in [0.25, 0.3) is 0 Å². The minimum atomic E-state index is -0.183. The molecule has 2 amide bonds. The monoisotopic (exact) mass is 302 g/mol. The van der Waals surface area contributed by atoms with E-state index in [4.69, 9.17) is 4.74 Å². The SMILES string of the molecule is O=C1C[C@H](c2ccccc2)N(C(=O)C[C@@H]2CCCO2)CCN1. The predicted molar refractivity (Wildman–Crippen MR) is 82.1 cm³/mol. The lowest BCUT2D eigenvalue weighted by molar-refractivity contribution is -0.136. The van der Waals surface area contributed by atoms with Crippen LogP contribution in [0.25, 0.3) is 0 Å². The van der Waals surface area contributed by atoms with E-state index in [1.165, 1.54) is 0 Å². The zero-order valence-corrected chi connectivity index (χ0v) is 12.7. The van der Waals surface area contributed by atoms with E-state index >= 15 is 0 Å². The number of hydrogen-bond donors (Lipinski definition) is 1. The summed E-state index contributed by atoms with van der Waals surface area (Å²) >= 11 is 0. The van der Waals surface area contributed by atoms with E-state index in [0.29, 0.717) is 25.9 Å². The van der Waals surface area contributed by atoms with Crippen molar-refractivity contribution < 1.29 is 14.3 Å². The standard InChI is InChI=1S/C17H22N2O3/c20-16-12-15(13-5-2-1-3-6-13)19(9-8-18-16)17(21)11-14-7-4-10-22-14/h1-3,5-6,14-15H,4,7-12H2,(H,18,20)/t14-,15+/m0/s1. The molecule has 0 spiro atoms. The normalized spacial score (nSPS) is 25.6. The van der Waals surface area contributed by atoms with E-state index < -0.39 is 0 Å². The Morgan fingerprint density at radius 1 is 1.32 bits per heavy atom. The van der Waals surface area contributed by atoms with Gasteiger partial charge in [-0.1, -0.05) is 30.3 Å². The highest BCUT2D eigenvalue weighted by molar-refractivity contribution is 5.81. The molecule has 5 heteroatoms. The third-order valence-corrected chi connectivity index (χ3v) is 4.36. The molecule has 1 N–H and O–H groups in total. The molecule has 5 nitrogen and oxygen atoms in total. The lowest BCUT2D eigenvalue weighted by atomic mass is 10.0. The average molecular weight is 302 g/mol. The maximum absolute atomic E-state index is 12.7. The van der Waals surface area contributed by atoms with Crippen molar-refractivity contribution in [3.05, 3.63) is 35.9 Å². The number of amides is 2. The minimum absolute atomic E-state index is 0.00118. The summed E-state index contributed by atoms with van der Waals surface area (Å²) in [5, 5.41) is 2.86. The Hall–Kier alpha value is -1.88. The molecule has 2 aliphatic heterocycles. The summed E-state index contributed by atoms with van der Waals surface area (Å²) in [6.07, 6.45) is 2.75. The zero-order chi connectivity index (χ0) is 15.4. The zero-order valence-electron chi connectivity index (χ0n) is 12.7. The summed E-state index contributed by atoms with van der Waals surface area (Å²) in [5.41, 5.74) is 1.01. The number of carbonyl (C=O) groups is 2. The highest BCUT2D eigenvalue weighted by atomic mass is 16.5. The van der Waals surface area contributed by atoms with Crippen LogP contribution in [0.15, 0.2) is 30.3 Å². The van der Waals surface area contributed by atoms with E-state index in [9.17, 15) is 9.59 Å². The molecule has 2 saturated heterocycles. The molecule has 0 aliphatic carbocycles. The maximum Gasteiger partial charge on any atom is 0.225 e. The quantitative estimate of drug-likeness (QED) is 0.923. The van der Waals surface area contributed by atoms with Gasteiger partial charge >= 0.3 is 0 Å². The molecular formula is C17H22N2O3. The van der Waals surface area contributed by atoms with Gasteiger partial charge in [-0.2, -0.15) is 0 Å². The summed E-state index contributed by atoms with van der Waals surface area (Å²) in [7, 11) is 0. The first kappa shape index (κ1) is 15.0. The van der Waals surface area contributed by atoms with Crippen molar-refractivity contribution >= 4 is 11.8 Å². The highest BCUT2D eigenvalue weighted by Crippen LogP contribution is 2.27. The average Bonchev–Trinajstić information content (AvgIpc) is 2.95. The number of benzene rings is 1. The van der Waals surface area contributed by atoms with Crippen LogP contribution in [0.4, 0.5) is 0 Å². The minimum Gasteiger partial charge on any atom is -0.378 e. The Labute approximate surface area is 130 Å². The lowest BCUT2D eigenvalue weighted by Gasteiger charge is -2.30. The Morgan fingerprint density at radius 2 is 2.14 bits per heavy atom. The smallest absolute Gasteiger partial charge is 0.225 e. The van der Waals surface area contributed by atoms with Gasteiger partial charge in [-0.05, 0) is 18.4 Å². The molecule has 22 heavy (non-hydrogen) atoms. The van der Waals surface area contributed by atoms with Crippen molar-refractivity contribution in [2.24, 2.45) is 0 Å². The fraction of sp³-hybridized carbons (Fsp3) is 0.529. The summed E-state index contributed by atoms with van der Waals surface area (Å²) in [6, 6.07) is 9.61. The van der Waals surface area contributed by atoms with E-state index in [0.717, 1.165) is 25.0 Å². The third kappa shape index (κ3) is 3.47. The van der Waals surface area contributed by atoms with Crippen LogP contribution in [0.2, 0.25) is 0 Å². The van der Waals surface area contributed by atoms with Crippen molar-refractivity contribution in [2.45, 2.75) is 37.8 Å². The van der Waals surface area contributed by atoms with Gasteiger partial charge in [0, 0.05) is 19.7 Å². The van der Waals surface area contributed by atoms with Gasteiger partial charge in [-0.3, -0.25) is 9.59 Å². The first-order valence-corrected chi connectivity index (χ1v) is 7.97. The van der Waals surface area contributed by atoms with Crippen molar-refractivity contribution in [3.63, 3.8) is 0 Å². The molecule has 2 heterocycles. The number of ether oxygens (including phenoxy) is 1. The molecule has 2 atom stereocenters. The summed E-state index contributed by atoms with van der Waals surface area (Å²) < 4.78 is 5.58. The lowest BCUT2D eigenvalue weighted by Crippen LogP contribution is -2.38. The van der Waals surface area contributed by atoms with Crippen LogP contribution in [-0.4, -0.2) is 42.5 Å². The van der Waals surface area contributed by atoms with Gasteiger partial charge in [-0.25, -0.2) is 0 Å². The number of nitrogens with one attached hydrogen (secondary N) is 1. The molecule has 2 aliphatic rings. The maximum atomic E-state index is 12.7. The van der Waals surface area contributed by atoms with Gasteiger partial charge in [0.15, 0.2) is 0 Å². The number of carbonyl (C=O) groups excluding carboxylic acids is 2. The molecule has 1 aromatic carbocycles. The molecule has 0 saturated carbocycles. The van der Waals surface area contributed by atoms with E-state index in [-0.39, 0.29) is 24.0 Å². The van der Waals surface area contributed by atoms with Crippen LogP contribution in [0.3, 0.4) is 0 Å². The van der Waals surface area contributed by atoms with Gasteiger partial charge in [0.05, 0.1) is 25.0 Å². The summed E-state index contributed by atoms with van der Waals surface area (Å²) in [4.78, 5) is 26.5. The van der Waals surface area contributed by atoms with E-state index in [1.807, 2.05) is 35.2 Å². The van der Waals surface area contributed by atoms with E-state index in [1.54, 1.807) is 0 Å². The Kier molecular flexibility index (Phi) is 4.73. The number of nitrogens with zero attached hydrogens (tertiary/aromatic N) is 1. The Bertz CT molecular complexity index is 526.